The second kappa shape index (κ2) is 10.7. The van der Waals surface area contributed by atoms with Crippen molar-refractivity contribution in [3.63, 3.8) is 0 Å². The van der Waals surface area contributed by atoms with Gasteiger partial charge in [-0.1, -0.05) is 36.4 Å². The standard InChI is InChI=1S/C26H26F2N2O3/c27-20-11-7-18(8-12-20)26(19-9-13-21(28)14-10-19)33-17-22(32)16-30-24-5-2-1-4-23(24)29-25(30)6-3-15-31/h1-2,4-5,7-14,22,26,31-32H,3,6,15-17H2/t22-/m1/s1. The molecule has 0 aliphatic carbocycles. The van der Waals surface area contributed by atoms with E-state index in [1.54, 1.807) is 24.3 Å². The Balaban J connectivity index is 1.52. The van der Waals surface area contributed by atoms with Crippen LogP contribution >= 0.6 is 0 Å². The smallest absolute Gasteiger partial charge is 0.123 e. The highest BCUT2D eigenvalue weighted by Crippen LogP contribution is 2.27. The molecule has 0 spiro atoms. The summed E-state index contributed by atoms with van der Waals surface area (Å²) >= 11 is 0. The summed E-state index contributed by atoms with van der Waals surface area (Å²) in [6, 6.07) is 19.5. The maximum atomic E-state index is 13.4. The van der Waals surface area contributed by atoms with Gasteiger partial charge in [-0.3, -0.25) is 0 Å². The maximum absolute atomic E-state index is 13.4. The zero-order chi connectivity index (χ0) is 23.2. The lowest BCUT2D eigenvalue weighted by Crippen LogP contribution is -2.24. The molecule has 1 heterocycles. The van der Waals surface area contributed by atoms with Crippen molar-refractivity contribution in [3.8, 4) is 0 Å². The number of aliphatic hydroxyl groups excluding tert-OH is 2. The molecule has 2 N–H and O–H groups in total. The molecule has 33 heavy (non-hydrogen) atoms. The van der Waals surface area contributed by atoms with Gasteiger partial charge in [0.25, 0.3) is 0 Å². The van der Waals surface area contributed by atoms with Crippen LogP contribution in [-0.2, 0) is 17.7 Å². The lowest BCUT2D eigenvalue weighted by molar-refractivity contribution is -0.000488. The summed E-state index contributed by atoms with van der Waals surface area (Å²) in [5.74, 6) is 0.0657. The number of imidazole rings is 1. The molecule has 0 aliphatic rings. The van der Waals surface area contributed by atoms with Crippen molar-refractivity contribution < 1.29 is 23.7 Å². The van der Waals surface area contributed by atoms with Crippen LogP contribution < -0.4 is 0 Å². The summed E-state index contributed by atoms with van der Waals surface area (Å²) in [7, 11) is 0. The Kier molecular flexibility index (Phi) is 7.44. The van der Waals surface area contributed by atoms with Crippen LogP contribution in [0.25, 0.3) is 11.0 Å². The van der Waals surface area contributed by atoms with Crippen LogP contribution in [0.2, 0.25) is 0 Å². The first-order chi connectivity index (χ1) is 16.0. The van der Waals surface area contributed by atoms with E-state index in [4.69, 9.17) is 4.74 Å². The fraction of sp³-hybridized carbons (Fsp3) is 0.269. The van der Waals surface area contributed by atoms with Gasteiger partial charge in [-0.05, 0) is 53.9 Å². The molecule has 0 bridgehead atoms. The molecule has 0 fully saturated rings. The van der Waals surface area contributed by atoms with E-state index in [1.165, 1.54) is 24.3 Å². The first-order valence-electron chi connectivity index (χ1n) is 10.9. The molecule has 5 nitrogen and oxygen atoms in total. The van der Waals surface area contributed by atoms with Crippen molar-refractivity contribution in [1.29, 1.82) is 0 Å². The van der Waals surface area contributed by atoms with E-state index in [9.17, 15) is 19.0 Å². The summed E-state index contributed by atoms with van der Waals surface area (Å²) in [5.41, 5.74) is 3.13. The fourth-order valence-corrected chi connectivity index (χ4v) is 3.89. The third-order valence-corrected chi connectivity index (χ3v) is 5.49. The molecule has 4 rings (SSSR count). The lowest BCUT2D eigenvalue weighted by atomic mass is 10.0. The van der Waals surface area contributed by atoms with Gasteiger partial charge in [0, 0.05) is 13.0 Å². The largest absolute Gasteiger partial charge is 0.396 e. The van der Waals surface area contributed by atoms with Crippen LogP contribution in [0.3, 0.4) is 0 Å². The van der Waals surface area contributed by atoms with Crippen molar-refractivity contribution in [3.05, 3.63) is 101 Å². The van der Waals surface area contributed by atoms with Crippen LogP contribution in [0.1, 0.15) is 29.5 Å². The first kappa shape index (κ1) is 23.0. The number of para-hydroxylation sites is 2. The SMILES string of the molecule is OCCCc1nc2ccccc2n1C[C@@H](O)COC(c1ccc(F)cc1)c1ccc(F)cc1. The molecular formula is C26H26F2N2O3. The molecule has 1 atom stereocenters. The Hall–Kier alpha value is -3.13. The van der Waals surface area contributed by atoms with E-state index in [1.807, 2.05) is 28.8 Å². The minimum Gasteiger partial charge on any atom is -0.396 e. The van der Waals surface area contributed by atoms with E-state index in [2.05, 4.69) is 4.98 Å². The van der Waals surface area contributed by atoms with Gasteiger partial charge in [0.05, 0.1) is 30.3 Å². The molecule has 0 saturated heterocycles. The molecule has 0 amide bonds. The van der Waals surface area contributed by atoms with Gasteiger partial charge < -0.3 is 19.5 Å². The van der Waals surface area contributed by atoms with Crippen molar-refractivity contribution in [1.82, 2.24) is 9.55 Å². The molecule has 0 unspecified atom stereocenters. The number of fused-ring (bicyclic) bond motifs is 1. The van der Waals surface area contributed by atoms with Gasteiger partial charge in [0.1, 0.15) is 23.6 Å². The van der Waals surface area contributed by atoms with Crippen LogP contribution in [0.4, 0.5) is 8.78 Å². The maximum Gasteiger partial charge on any atom is 0.123 e. The van der Waals surface area contributed by atoms with Gasteiger partial charge in [-0.15, -0.1) is 0 Å². The Bertz CT molecular complexity index is 1130. The number of rotatable bonds is 10. The van der Waals surface area contributed by atoms with Gasteiger partial charge in [-0.2, -0.15) is 0 Å². The molecule has 172 valence electrons. The highest BCUT2D eigenvalue weighted by Gasteiger charge is 2.19. The second-order valence-electron chi connectivity index (χ2n) is 7.92. The number of aliphatic hydroxyl groups is 2. The van der Waals surface area contributed by atoms with Crippen molar-refractivity contribution in [2.75, 3.05) is 13.2 Å². The number of hydrogen-bond acceptors (Lipinski definition) is 4. The zero-order valence-corrected chi connectivity index (χ0v) is 18.1. The third-order valence-electron chi connectivity index (χ3n) is 5.49. The minimum absolute atomic E-state index is 0.00532. The predicted octanol–water partition coefficient (Wildman–Crippen LogP) is 4.41. The van der Waals surface area contributed by atoms with Gasteiger partial charge in [0.2, 0.25) is 0 Å². The van der Waals surface area contributed by atoms with E-state index >= 15 is 0 Å². The van der Waals surface area contributed by atoms with Crippen LogP contribution in [-0.4, -0.2) is 39.1 Å². The number of halogens is 2. The van der Waals surface area contributed by atoms with E-state index < -0.39 is 12.2 Å². The average Bonchev–Trinajstić information content (AvgIpc) is 3.17. The Labute approximate surface area is 190 Å². The topological polar surface area (TPSA) is 67.5 Å². The highest BCUT2D eigenvalue weighted by atomic mass is 19.1. The van der Waals surface area contributed by atoms with Gasteiger partial charge in [-0.25, -0.2) is 13.8 Å². The van der Waals surface area contributed by atoms with Crippen molar-refractivity contribution in [2.24, 2.45) is 0 Å². The average molecular weight is 453 g/mol. The van der Waals surface area contributed by atoms with Gasteiger partial charge in [0.15, 0.2) is 0 Å². The second-order valence-corrected chi connectivity index (χ2v) is 7.92. The molecule has 1 aromatic heterocycles. The Morgan fingerprint density at radius 3 is 2.09 bits per heavy atom. The number of hydrogen-bond donors (Lipinski definition) is 2. The predicted molar refractivity (Wildman–Crippen MR) is 122 cm³/mol. The lowest BCUT2D eigenvalue weighted by Gasteiger charge is -2.22. The highest BCUT2D eigenvalue weighted by molar-refractivity contribution is 5.75. The molecule has 4 aromatic rings. The first-order valence-corrected chi connectivity index (χ1v) is 10.9. The van der Waals surface area contributed by atoms with Crippen LogP contribution in [0.5, 0.6) is 0 Å². The Morgan fingerprint density at radius 1 is 0.879 bits per heavy atom. The molecule has 0 saturated carbocycles. The molecule has 0 aliphatic heterocycles. The summed E-state index contributed by atoms with van der Waals surface area (Å²) < 4.78 is 34.9. The molecule has 3 aromatic carbocycles. The van der Waals surface area contributed by atoms with Gasteiger partial charge >= 0.3 is 0 Å². The van der Waals surface area contributed by atoms with Crippen molar-refractivity contribution in [2.45, 2.75) is 31.6 Å². The third kappa shape index (κ3) is 5.63. The normalized spacial score (nSPS) is 12.5. The van der Waals surface area contributed by atoms with Crippen LogP contribution in [0, 0.1) is 11.6 Å². The quantitative estimate of drug-likeness (QED) is 0.374. The Morgan fingerprint density at radius 2 is 1.48 bits per heavy atom. The fourth-order valence-electron chi connectivity index (χ4n) is 3.89. The monoisotopic (exact) mass is 452 g/mol. The molecular weight excluding hydrogens is 426 g/mol. The minimum atomic E-state index is -0.848. The van der Waals surface area contributed by atoms with E-state index in [-0.39, 0.29) is 31.4 Å². The van der Waals surface area contributed by atoms with Crippen LogP contribution in [0.15, 0.2) is 72.8 Å². The summed E-state index contributed by atoms with van der Waals surface area (Å²) in [5, 5.41) is 20.0. The zero-order valence-electron chi connectivity index (χ0n) is 18.1. The molecule has 7 heteroatoms. The number of aromatic nitrogens is 2. The summed E-state index contributed by atoms with van der Waals surface area (Å²) in [6.45, 7) is 0.331. The number of aryl methyl sites for hydroxylation is 1. The number of nitrogens with zero attached hydrogens (tertiary/aromatic N) is 2. The van der Waals surface area contributed by atoms with Crippen molar-refractivity contribution >= 4 is 11.0 Å². The summed E-state index contributed by atoms with van der Waals surface area (Å²) in [4.78, 5) is 4.64. The van der Waals surface area contributed by atoms with E-state index in [0.717, 1.165) is 16.9 Å². The molecule has 0 radical (unpaired) electrons. The number of ether oxygens (including phenoxy) is 1. The number of benzene rings is 3. The summed E-state index contributed by atoms with van der Waals surface area (Å²) in [6.07, 6.45) is -0.271. The van der Waals surface area contributed by atoms with E-state index in [0.29, 0.717) is 24.0 Å².